The first-order chi connectivity index (χ1) is 15.1. The van der Waals surface area contributed by atoms with Crippen molar-refractivity contribution in [3.05, 3.63) is 74.6 Å². The number of carboxylic acid groups (broad SMARTS) is 2. The largest absolute Gasteiger partial charge is 0.496 e. The van der Waals surface area contributed by atoms with Crippen LogP contribution in [0.4, 0.5) is 5.82 Å². The highest BCUT2D eigenvalue weighted by molar-refractivity contribution is 6.07. The number of pyridine rings is 1. The maximum Gasteiger partial charge on any atom is 0.342 e. The lowest BCUT2D eigenvalue weighted by Crippen LogP contribution is -2.24. The van der Waals surface area contributed by atoms with Crippen LogP contribution in [0.25, 0.3) is 11.1 Å². The lowest BCUT2D eigenvalue weighted by Gasteiger charge is -2.17. The smallest absolute Gasteiger partial charge is 0.342 e. The summed E-state index contributed by atoms with van der Waals surface area (Å²) in [5.74, 6) is -2.34. The quantitative estimate of drug-likeness (QED) is 0.439. The monoisotopic (exact) mass is 438 g/mol. The SMILES string of the molecule is COc1ccc(-c2c(C(=O)O)c(N)[nH]c(=O)c2C(=O)O)cc1COc1c(C)cccc1C. The van der Waals surface area contributed by atoms with Gasteiger partial charge in [0.25, 0.3) is 5.56 Å². The summed E-state index contributed by atoms with van der Waals surface area (Å²) in [7, 11) is 1.47. The summed E-state index contributed by atoms with van der Waals surface area (Å²) >= 11 is 0. The number of nitrogen functional groups attached to an aromatic ring is 1. The van der Waals surface area contributed by atoms with Gasteiger partial charge in [0.05, 0.1) is 7.11 Å². The lowest BCUT2D eigenvalue weighted by molar-refractivity contribution is 0.0695. The van der Waals surface area contributed by atoms with Gasteiger partial charge in [0.2, 0.25) is 0 Å². The van der Waals surface area contributed by atoms with E-state index in [1.807, 2.05) is 32.0 Å². The number of nitrogens with one attached hydrogen (secondary N) is 1. The van der Waals surface area contributed by atoms with Gasteiger partial charge in [-0.15, -0.1) is 0 Å². The van der Waals surface area contributed by atoms with Gasteiger partial charge in [0.1, 0.15) is 35.1 Å². The Bertz CT molecular complexity index is 1260. The number of methoxy groups -OCH3 is 1. The van der Waals surface area contributed by atoms with E-state index in [9.17, 15) is 24.6 Å². The molecule has 3 rings (SSSR count). The van der Waals surface area contributed by atoms with Crippen LogP contribution in [-0.4, -0.2) is 34.2 Å². The van der Waals surface area contributed by atoms with E-state index in [0.29, 0.717) is 17.1 Å². The van der Waals surface area contributed by atoms with Gasteiger partial charge in [-0.1, -0.05) is 24.3 Å². The van der Waals surface area contributed by atoms with Crippen LogP contribution in [0.5, 0.6) is 11.5 Å². The Kier molecular flexibility index (Phi) is 6.20. The van der Waals surface area contributed by atoms with Crippen LogP contribution < -0.4 is 20.8 Å². The third-order valence-electron chi connectivity index (χ3n) is 5.02. The molecule has 2 aromatic carbocycles. The van der Waals surface area contributed by atoms with Gasteiger partial charge in [-0.2, -0.15) is 0 Å². The first-order valence-electron chi connectivity index (χ1n) is 9.54. The van der Waals surface area contributed by atoms with Gasteiger partial charge in [-0.3, -0.25) is 4.79 Å². The Morgan fingerprint density at radius 3 is 2.22 bits per heavy atom. The topological polar surface area (TPSA) is 152 Å². The molecule has 0 saturated heterocycles. The Balaban J connectivity index is 2.18. The van der Waals surface area contributed by atoms with Gasteiger partial charge in [0.15, 0.2) is 0 Å². The number of hydrogen-bond donors (Lipinski definition) is 4. The molecule has 0 unspecified atom stereocenters. The number of para-hydroxylation sites is 1. The molecule has 5 N–H and O–H groups in total. The molecule has 166 valence electrons. The second-order valence-electron chi connectivity index (χ2n) is 7.14. The van der Waals surface area contributed by atoms with Crippen LogP contribution >= 0.6 is 0 Å². The van der Waals surface area contributed by atoms with E-state index in [-0.39, 0.29) is 17.7 Å². The molecule has 3 aromatic rings. The molecule has 1 heterocycles. The predicted octanol–water partition coefficient (Wildman–Crippen LogP) is 3.22. The number of H-pyrrole nitrogens is 1. The molecule has 0 atom stereocenters. The minimum atomic E-state index is -1.58. The molecule has 0 amide bonds. The summed E-state index contributed by atoms with van der Waals surface area (Å²) in [5.41, 5.74) is 5.77. The number of nitrogens with two attached hydrogens (primary N) is 1. The molecule has 0 aliphatic carbocycles. The lowest BCUT2D eigenvalue weighted by atomic mass is 9.94. The molecule has 9 heteroatoms. The summed E-state index contributed by atoms with van der Waals surface area (Å²) in [5, 5.41) is 19.2. The molecule has 0 aliphatic heterocycles. The van der Waals surface area contributed by atoms with Crippen molar-refractivity contribution in [3.8, 4) is 22.6 Å². The average molecular weight is 438 g/mol. The highest BCUT2D eigenvalue weighted by Crippen LogP contribution is 2.33. The third kappa shape index (κ3) is 4.13. The van der Waals surface area contributed by atoms with E-state index in [1.54, 1.807) is 6.07 Å². The summed E-state index contributed by atoms with van der Waals surface area (Å²) in [6.07, 6.45) is 0. The Labute approximate surface area is 183 Å². The van der Waals surface area contributed by atoms with Crippen LogP contribution in [0.3, 0.4) is 0 Å². The number of hydrogen-bond acceptors (Lipinski definition) is 6. The number of aryl methyl sites for hydroxylation is 2. The zero-order valence-corrected chi connectivity index (χ0v) is 17.7. The predicted molar refractivity (Wildman–Crippen MR) is 118 cm³/mol. The molecular weight excluding hydrogens is 416 g/mol. The molecule has 0 aliphatic rings. The van der Waals surface area contributed by atoms with E-state index in [1.165, 1.54) is 19.2 Å². The number of carboxylic acids is 2. The standard InChI is InChI=1S/C23H22N2O7/c1-11-5-4-6-12(2)19(11)32-10-14-9-13(7-8-15(14)31-3)16-17(22(27)28)20(24)25-21(26)18(16)23(29)30/h4-9H,10H2,1-3H3,(H,27,28)(H,29,30)(H3,24,25,26). The van der Waals surface area contributed by atoms with Crippen molar-refractivity contribution >= 4 is 17.8 Å². The number of rotatable bonds is 7. The number of benzene rings is 2. The second kappa shape index (κ2) is 8.84. The molecule has 0 fully saturated rings. The minimum absolute atomic E-state index is 0.0617. The number of aromatic nitrogens is 1. The van der Waals surface area contributed by atoms with Crippen molar-refractivity contribution in [2.24, 2.45) is 0 Å². The van der Waals surface area contributed by atoms with E-state index < -0.39 is 34.4 Å². The van der Waals surface area contributed by atoms with Crippen molar-refractivity contribution < 1.29 is 29.3 Å². The van der Waals surface area contributed by atoms with Crippen molar-refractivity contribution in [3.63, 3.8) is 0 Å². The van der Waals surface area contributed by atoms with Crippen LogP contribution in [-0.2, 0) is 6.61 Å². The Morgan fingerprint density at radius 2 is 1.66 bits per heavy atom. The maximum atomic E-state index is 12.3. The van der Waals surface area contributed by atoms with E-state index in [2.05, 4.69) is 4.98 Å². The first-order valence-corrected chi connectivity index (χ1v) is 9.54. The number of aromatic amines is 1. The number of carbonyl (C=O) groups is 2. The van der Waals surface area contributed by atoms with Gasteiger partial charge >= 0.3 is 11.9 Å². The number of ether oxygens (including phenoxy) is 2. The molecule has 0 saturated carbocycles. The van der Waals surface area contributed by atoms with Crippen molar-refractivity contribution in [1.29, 1.82) is 0 Å². The van der Waals surface area contributed by atoms with Crippen LogP contribution in [0.15, 0.2) is 41.2 Å². The third-order valence-corrected chi connectivity index (χ3v) is 5.02. The first kappa shape index (κ1) is 22.4. The highest BCUT2D eigenvalue weighted by atomic mass is 16.5. The Hall–Kier alpha value is -4.27. The van der Waals surface area contributed by atoms with E-state index in [4.69, 9.17) is 15.2 Å². The van der Waals surface area contributed by atoms with Crippen molar-refractivity contribution in [2.45, 2.75) is 20.5 Å². The fraction of sp³-hybridized carbons (Fsp3) is 0.174. The van der Waals surface area contributed by atoms with Crippen LogP contribution in [0.2, 0.25) is 0 Å². The van der Waals surface area contributed by atoms with Crippen molar-refractivity contribution in [1.82, 2.24) is 4.98 Å². The maximum absolute atomic E-state index is 12.3. The summed E-state index contributed by atoms with van der Waals surface area (Å²) < 4.78 is 11.4. The van der Waals surface area contributed by atoms with Gasteiger partial charge in [-0.05, 0) is 42.7 Å². The van der Waals surface area contributed by atoms with E-state index in [0.717, 1.165) is 11.1 Å². The van der Waals surface area contributed by atoms with Gasteiger partial charge in [0, 0.05) is 11.1 Å². The highest BCUT2D eigenvalue weighted by Gasteiger charge is 2.27. The van der Waals surface area contributed by atoms with Gasteiger partial charge < -0.3 is 30.4 Å². The molecular formula is C23H22N2O7. The number of anilines is 1. The zero-order chi connectivity index (χ0) is 23.6. The normalized spacial score (nSPS) is 10.6. The van der Waals surface area contributed by atoms with Crippen LogP contribution in [0, 0.1) is 13.8 Å². The van der Waals surface area contributed by atoms with Crippen molar-refractivity contribution in [2.75, 3.05) is 12.8 Å². The fourth-order valence-electron chi connectivity index (χ4n) is 3.56. The average Bonchev–Trinajstić information content (AvgIpc) is 2.72. The summed E-state index contributed by atoms with van der Waals surface area (Å²) in [6.45, 7) is 3.88. The number of aromatic carboxylic acids is 2. The molecule has 9 nitrogen and oxygen atoms in total. The second-order valence-corrected chi connectivity index (χ2v) is 7.14. The van der Waals surface area contributed by atoms with Crippen LogP contribution in [0.1, 0.15) is 37.4 Å². The van der Waals surface area contributed by atoms with Gasteiger partial charge in [-0.25, -0.2) is 9.59 Å². The fourth-order valence-corrected chi connectivity index (χ4v) is 3.56. The summed E-state index contributed by atoms with van der Waals surface area (Å²) in [6, 6.07) is 10.3. The molecule has 0 spiro atoms. The van der Waals surface area contributed by atoms with E-state index >= 15 is 0 Å². The molecule has 32 heavy (non-hydrogen) atoms. The summed E-state index contributed by atoms with van der Waals surface area (Å²) in [4.78, 5) is 38.0. The molecule has 1 aromatic heterocycles. The molecule has 0 bridgehead atoms. The molecule has 0 radical (unpaired) electrons. The minimum Gasteiger partial charge on any atom is -0.496 e. The Morgan fingerprint density at radius 1 is 1.03 bits per heavy atom. The zero-order valence-electron chi connectivity index (χ0n) is 17.7.